The van der Waals surface area contributed by atoms with Gasteiger partial charge in [0, 0.05) is 23.1 Å². The molecule has 2 fully saturated rings. The Morgan fingerprint density at radius 1 is 1.32 bits per heavy atom. The van der Waals surface area contributed by atoms with E-state index < -0.39 is 11.1 Å². The second-order valence-electron chi connectivity index (χ2n) is 5.74. The van der Waals surface area contributed by atoms with Crippen molar-refractivity contribution in [2.75, 3.05) is 26.7 Å². The highest BCUT2D eigenvalue weighted by atomic mass is 79.9. The number of carbonyl (C=O) groups excluding carboxylic acids is 3. The van der Waals surface area contributed by atoms with Crippen LogP contribution < -0.4 is 4.74 Å². The molecule has 2 saturated heterocycles. The summed E-state index contributed by atoms with van der Waals surface area (Å²) in [6.45, 7) is 1.19. The van der Waals surface area contributed by atoms with Crippen LogP contribution in [0.1, 0.15) is 18.4 Å². The lowest BCUT2D eigenvalue weighted by molar-refractivity contribution is -0.135. The van der Waals surface area contributed by atoms with E-state index in [2.05, 4.69) is 15.9 Å². The van der Waals surface area contributed by atoms with Crippen LogP contribution in [0.4, 0.5) is 4.79 Å². The minimum atomic E-state index is -0.440. The summed E-state index contributed by atoms with van der Waals surface area (Å²) < 4.78 is 6.12. The first kappa shape index (κ1) is 18.0. The summed E-state index contributed by atoms with van der Waals surface area (Å²) in [5.41, 5.74) is 0.688. The number of hydrogen-bond donors (Lipinski definition) is 0. The number of halogens is 1. The predicted molar refractivity (Wildman–Crippen MR) is 99.2 cm³/mol. The number of imide groups is 1. The molecule has 1 aromatic carbocycles. The van der Waals surface area contributed by atoms with Crippen LogP contribution in [0, 0.1) is 0 Å². The summed E-state index contributed by atoms with van der Waals surface area (Å²) in [5, 5.41) is -0.419. The second kappa shape index (κ2) is 7.61. The molecule has 132 valence electrons. The van der Waals surface area contributed by atoms with Gasteiger partial charge in [-0.3, -0.25) is 19.3 Å². The molecular formula is C17H17BrN2O4S. The maximum absolute atomic E-state index is 12.5. The van der Waals surface area contributed by atoms with E-state index in [0.717, 1.165) is 34.0 Å². The topological polar surface area (TPSA) is 66.9 Å². The second-order valence-corrected chi connectivity index (χ2v) is 7.65. The average Bonchev–Trinajstić information content (AvgIpc) is 3.20. The summed E-state index contributed by atoms with van der Waals surface area (Å²) in [6.07, 6.45) is 3.56. The first-order chi connectivity index (χ1) is 12.0. The van der Waals surface area contributed by atoms with Crippen molar-refractivity contribution in [1.29, 1.82) is 0 Å². The van der Waals surface area contributed by atoms with Crippen molar-refractivity contribution in [3.8, 4) is 5.75 Å². The largest absolute Gasteiger partial charge is 0.496 e. The molecule has 3 amide bonds. The standard InChI is InChI=1S/C17H17BrN2O4S/c1-24-13-5-4-12(18)8-11(13)9-14-16(22)20(17(23)25-14)10-15(21)19-6-2-3-7-19/h4-5,8-9H,2-3,6-7,10H2,1H3/b14-9+. The van der Waals surface area contributed by atoms with Crippen LogP contribution in [-0.2, 0) is 9.59 Å². The first-order valence-corrected chi connectivity index (χ1v) is 9.47. The third kappa shape index (κ3) is 3.90. The highest BCUT2D eigenvalue weighted by Crippen LogP contribution is 2.34. The van der Waals surface area contributed by atoms with Crippen molar-refractivity contribution in [1.82, 2.24) is 9.80 Å². The monoisotopic (exact) mass is 424 g/mol. The van der Waals surface area contributed by atoms with E-state index in [9.17, 15) is 14.4 Å². The Labute approximate surface area is 158 Å². The molecule has 0 spiro atoms. The van der Waals surface area contributed by atoms with Gasteiger partial charge in [-0.2, -0.15) is 0 Å². The van der Waals surface area contributed by atoms with Crippen molar-refractivity contribution in [3.63, 3.8) is 0 Å². The number of likely N-dealkylation sites (tertiary alicyclic amines) is 1. The Hall–Kier alpha value is -1.80. The fourth-order valence-electron chi connectivity index (χ4n) is 2.80. The number of benzene rings is 1. The van der Waals surface area contributed by atoms with E-state index in [4.69, 9.17) is 4.74 Å². The molecule has 0 unspecified atom stereocenters. The van der Waals surface area contributed by atoms with E-state index >= 15 is 0 Å². The summed E-state index contributed by atoms with van der Waals surface area (Å²) >= 11 is 4.22. The van der Waals surface area contributed by atoms with Gasteiger partial charge in [-0.25, -0.2) is 0 Å². The zero-order valence-electron chi connectivity index (χ0n) is 13.7. The Kier molecular flexibility index (Phi) is 5.48. The quantitative estimate of drug-likeness (QED) is 0.694. The minimum absolute atomic E-state index is 0.180. The molecule has 0 N–H and O–H groups in total. The normalized spacial score (nSPS) is 19.2. The summed E-state index contributed by atoms with van der Waals surface area (Å²) in [6, 6.07) is 5.41. The number of rotatable bonds is 4. The van der Waals surface area contributed by atoms with Crippen LogP contribution in [-0.4, -0.2) is 53.6 Å². The molecule has 0 aliphatic carbocycles. The zero-order chi connectivity index (χ0) is 18.0. The SMILES string of the molecule is COc1ccc(Br)cc1/C=C1/SC(=O)N(CC(=O)N2CCCC2)C1=O. The summed E-state index contributed by atoms with van der Waals surface area (Å²) in [4.78, 5) is 40.0. The molecule has 8 heteroatoms. The molecule has 0 saturated carbocycles. The van der Waals surface area contributed by atoms with Crippen LogP contribution in [0.2, 0.25) is 0 Å². The number of carbonyl (C=O) groups is 3. The maximum Gasteiger partial charge on any atom is 0.294 e. The Morgan fingerprint density at radius 3 is 2.72 bits per heavy atom. The van der Waals surface area contributed by atoms with Crippen LogP contribution >= 0.6 is 27.7 Å². The van der Waals surface area contributed by atoms with Crippen molar-refractivity contribution in [2.45, 2.75) is 12.8 Å². The van der Waals surface area contributed by atoms with Gasteiger partial charge < -0.3 is 9.64 Å². The lowest BCUT2D eigenvalue weighted by Crippen LogP contribution is -2.40. The smallest absolute Gasteiger partial charge is 0.294 e. The number of ether oxygens (including phenoxy) is 1. The maximum atomic E-state index is 12.5. The predicted octanol–water partition coefficient (Wildman–Crippen LogP) is 3.12. The van der Waals surface area contributed by atoms with Gasteiger partial charge in [-0.05, 0) is 48.9 Å². The number of hydrogen-bond acceptors (Lipinski definition) is 5. The lowest BCUT2D eigenvalue weighted by Gasteiger charge is -2.18. The van der Waals surface area contributed by atoms with Crippen molar-refractivity contribution < 1.29 is 19.1 Å². The van der Waals surface area contributed by atoms with Crippen molar-refractivity contribution in [3.05, 3.63) is 33.1 Å². The summed E-state index contributed by atoms with van der Waals surface area (Å²) in [7, 11) is 1.54. The average molecular weight is 425 g/mol. The number of methoxy groups -OCH3 is 1. The molecule has 2 aliphatic rings. The van der Waals surface area contributed by atoms with Gasteiger partial charge in [0.1, 0.15) is 12.3 Å². The van der Waals surface area contributed by atoms with E-state index in [1.165, 1.54) is 0 Å². The number of thioether (sulfide) groups is 1. The Balaban J connectivity index is 1.79. The molecule has 25 heavy (non-hydrogen) atoms. The molecule has 0 radical (unpaired) electrons. The van der Waals surface area contributed by atoms with Gasteiger partial charge in [0.05, 0.1) is 12.0 Å². The molecule has 0 aromatic heterocycles. The molecule has 2 heterocycles. The van der Waals surface area contributed by atoms with Crippen molar-refractivity contribution in [2.24, 2.45) is 0 Å². The van der Waals surface area contributed by atoms with Gasteiger partial charge in [0.25, 0.3) is 11.1 Å². The molecule has 1 aromatic rings. The van der Waals surface area contributed by atoms with Gasteiger partial charge in [-0.15, -0.1) is 0 Å². The van der Waals surface area contributed by atoms with Gasteiger partial charge in [0.15, 0.2) is 0 Å². The third-order valence-corrected chi connectivity index (χ3v) is 5.50. The fraction of sp³-hybridized carbons (Fsp3) is 0.353. The van der Waals surface area contributed by atoms with Gasteiger partial charge in [0.2, 0.25) is 5.91 Å². The number of nitrogens with zero attached hydrogens (tertiary/aromatic N) is 2. The van der Waals surface area contributed by atoms with Crippen LogP contribution in [0.5, 0.6) is 5.75 Å². The van der Waals surface area contributed by atoms with E-state index in [1.807, 2.05) is 12.1 Å². The Morgan fingerprint density at radius 2 is 2.04 bits per heavy atom. The number of amides is 3. The Bertz CT molecular complexity index is 759. The lowest BCUT2D eigenvalue weighted by atomic mass is 10.2. The first-order valence-electron chi connectivity index (χ1n) is 7.86. The van der Waals surface area contributed by atoms with Gasteiger partial charge >= 0.3 is 0 Å². The summed E-state index contributed by atoms with van der Waals surface area (Å²) in [5.74, 6) is -0.0196. The fourth-order valence-corrected chi connectivity index (χ4v) is 4.01. The highest BCUT2D eigenvalue weighted by Gasteiger charge is 2.37. The van der Waals surface area contributed by atoms with Crippen LogP contribution in [0.3, 0.4) is 0 Å². The molecule has 0 bridgehead atoms. The zero-order valence-corrected chi connectivity index (χ0v) is 16.1. The van der Waals surface area contributed by atoms with E-state index in [-0.39, 0.29) is 17.4 Å². The van der Waals surface area contributed by atoms with Crippen LogP contribution in [0.15, 0.2) is 27.6 Å². The van der Waals surface area contributed by atoms with Crippen molar-refractivity contribution >= 4 is 50.8 Å². The highest BCUT2D eigenvalue weighted by molar-refractivity contribution is 9.10. The van der Waals surface area contributed by atoms with Crippen LogP contribution in [0.25, 0.3) is 6.08 Å². The molecular weight excluding hydrogens is 408 g/mol. The molecule has 2 aliphatic heterocycles. The molecule has 6 nitrogen and oxygen atoms in total. The molecule has 0 atom stereocenters. The van der Waals surface area contributed by atoms with E-state index in [1.54, 1.807) is 24.2 Å². The molecule has 3 rings (SSSR count). The van der Waals surface area contributed by atoms with Gasteiger partial charge in [-0.1, -0.05) is 15.9 Å². The minimum Gasteiger partial charge on any atom is -0.496 e. The van der Waals surface area contributed by atoms with E-state index in [0.29, 0.717) is 24.4 Å². The third-order valence-electron chi connectivity index (χ3n) is 4.10.